The Bertz CT molecular complexity index is 593. The van der Waals surface area contributed by atoms with Gasteiger partial charge in [0.2, 0.25) is 10.0 Å². The average molecular weight is 313 g/mol. The van der Waals surface area contributed by atoms with Gasteiger partial charge in [-0.2, -0.15) is 0 Å². The molecular formula is C14H23N3O3S. The number of anilines is 2. The minimum absolute atomic E-state index is 0.223. The number of ether oxygens (including phenoxy) is 1. The fraction of sp³-hybridized carbons (Fsp3) is 0.571. The molecule has 0 amide bonds. The van der Waals surface area contributed by atoms with Crippen molar-refractivity contribution in [3.8, 4) is 0 Å². The zero-order valence-electron chi connectivity index (χ0n) is 12.7. The summed E-state index contributed by atoms with van der Waals surface area (Å²) in [5.74, 6) is 0. The molecule has 1 aliphatic rings. The SMILES string of the molecule is COC1CCN(c2ccc(S(=O)(=O)N(C)C)cc2N)CC1. The third kappa shape index (κ3) is 3.30. The van der Waals surface area contributed by atoms with E-state index >= 15 is 0 Å². The minimum Gasteiger partial charge on any atom is -0.397 e. The molecule has 1 heterocycles. The number of rotatable bonds is 4. The molecular weight excluding hydrogens is 290 g/mol. The summed E-state index contributed by atoms with van der Waals surface area (Å²) in [5, 5.41) is 0. The maximum absolute atomic E-state index is 12.1. The zero-order valence-corrected chi connectivity index (χ0v) is 13.6. The molecule has 1 aliphatic heterocycles. The molecule has 0 aromatic heterocycles. The van der Waals surface area contributed by atoms with E-state index in [4.69, 9.17) is 10.5 Å². The average Bonchev–Trinajstić information content (AvgIpc) is 2.47. The Morgan fingerprint density at radius 1 is 1.29 bits per heavy atom. The second-order valence-corrected chi connectivity index (χ2v) is 7.58. The Morgan fingerprint density at radius 2 is 1.90 bits per heavy atom. The lowest BCUT2D eigenvalue weighted by atomic mass is 10.1. The summed E-state index contributed by atoms with van der Waals surface area (Å²) in [7, 11) is 1.30. The molecule has 0 spiro atoms. The summed E-state index contributed by atoms with van der Waals surface area (Å²) in [4.78, 5) is 2.40. The fourth-order valence-corrected chi connectivity index (χ4v) is 3.46. The van der Waals surface area contributed by atoms with Crippen LogP contribution in [0.3, 0.4) is 0 Å². The van der Waals surface area contributed by atoms with Crippen LogP contribution in [-0.2, 0) is 14.8 Å². The van der Waals surface area contributed by atoms with Crippen molar-refractivity contribution in [1.82, 2.24) is 4.31 Å². The van der Waals surface area contributed by atoms with Crippen molar-refractivity contribution in [2.45, 2.75) is 23.8 Å². The fourth-order valence-electron chi connectivity index (χ4n) is 2.52. The van der Waals surface area contributed by atoms with Crippen molar-refractivity contribution in [3.63, 3.8) is 0 Å². The molecule has 0 saturated carbocycles. The van der Waals surface area contributed by atoms with Gasteiger partial charge in [0.05, 0.1) is 22.4 Å². The van der Waals surface area contributed by atoms with Crippen molar-refractivity contribution in [2.24, 2.45) is 0 Å². The van der Waals surface area contributed by atoms with Crippen molar-refractivity contribution in [2.75, 3.05) is 44.9 Å². The van der Waals surface area contributed by atoms with E-state index in [0.717, 1.165) is 31.6 Å². The lowest BCUT2D eigenvalue weighted by Gasteiger charge is -2.33. The highest BCUT2D eigenvalue weighted by Crippen LogP contribution is 2.29. The number of hydrogen-bond acceptors (Lipinski definition) is 5. The monoisotopic (exact) mass is 313 g/mol. The van der Waals surface area contributed by atoms with Gasteiger partial charge in [0.1, 0.15) is 0 Å². The van der Waals surface area contributed by atoms with E-state index in [0.29, 0.717) is 11.8 Å². The Hall–Kier alpha value is -1.31. The van der Waals surface area contributed by atoms with E-state index in [1.54, 1.807) is 19.2 Å². The summed E-state index contributed by atoms with van der Waals surface area (Å²) in [6.45, 7) is 1.73. The van der Waals surface area contributed by atoms with Gasteiger partial charge in [0.25, 0.3) is 0 Å². The predicted octanol–water partition coefficient (Wildman–Crippen LogP) is 1.13. The molecule has 2 N–H and O–H groups in total. The van der Waals surface area contributed by atoms with Crippen LogP contribution in [0.1, 0.15) is 12.8 Å². The molecule has 6 nitrogen and oxygen atoms in total. The second-order valence-electron chi connectivity index (χ2n) is 5.43. The Balaban J connectivity index is 2.21. The lowest BCUT2D eigenvalue weighted by molar-refractivity contribution is 0.0819. The molecule has 0 radical (unpaired) electrons. The van der Waals surface area contributed by atoms with E-state index in [2.05, 4.69) is 4.90 Å². The number of sulfonamides is 1. The number of nitrogen functional groups attached to an aromatic ring is 1. The number of hydrogen-bond donors (Lipinski definition) is 1. The Labute approximate surface area is 126 Å². The van der Waals surface area contributed by atoms with Crippen LogP contribution in [-0.4, -0.2) is 53.1 Å². The largest absolute Gasteiger partial charge is 0.397 e. The van der Waals surface area contributed by atoms with Gasteiger partial charge in [-0.3, -0.25) is 0 Å². The maximum Gasteiger partial charge on any atom is 0.242 e. The van der Waals surface area contributed by atoms with E-state index in [1.165, 1.54) is 24.5 Å². The molecule has 0 atom stereocenters. The van der Waals surface area contributed by atoms with Crippen LogP contribution in [0.25, 0.3) is 0 Å². The summed E-state index contributed by atoms with van der Waals surface area (Å²) in [5.41, 5.74) is 7.45. The quantitative estimate of drug-likeness (QED) is 0.844. The number of nitrogens with zero attached hydrogens (tertiary/aromatic N) is 2. The smallest absolute Gasteiger partial charge is 0.242 e. The highest BCUT2D eigenvalue weighted by atomic mass is 32.2. The van der Waals surface area contributed by atoms with Gasteiger partial charge < -0.3 is 15.4 Å². The predicted molar refractivity (Wildman–Crippen MR) is 84.0 cm³/mol. The van der Waals surface area contributed by atoms with E-state index in [1.807, 2.05) is 0 Å². The van der Waals surface area contributed by atoms with Crippen molar-refractivity contribution < 1.29 is 13.2 Å². The van der Waals surface area contributed by atoms with Crippen LogP contribution in [0.15, 0.2) is 23.1 Å². The van der Waals surface area contributed by atoms with Gasteiger partial charge in [-0.1, -0.05) is 0 Å². The Kier molecular flexibility index (Phi) is 4.75. The van der Waals surface area contributed by atoms with Gasteiger partial charge in [-0.25, -0.2) is 12.7 Å². The standard InChI is InChI=1S/C14H23N3O3S/c1-16(2)21(18,19)12-4-5-14(13(15)10-12)17-8-6-11(20-3)7-9-17/h4-5,10-11H,6-9,15H2,1-3H3. The molecule has 21 heavy (non-hydrogen) atoms. The van der Waals surface area contributed by atoms with Crippen LogP contribution in [0.2, 0.25) is 0 Å². The van der Waals surface area contributed by atoms with E-state index in [-0.39, 0.29) is 4.90 Å². The topological polar surface area (TPSA) is 75.9 Å². The Morgan fingerprint density at radius 3 is 2.38 bits per heavy atom. The highest BCUT2D eigenvalue weighted by Gasteiger charge is 2.22. The second kappa shape index (κ2) is 6.21. The van der Waals surface area contributed by atoms with Crippen molar-refractivity contribution in [3.05, 3.63) is 18.2 Å². The first-order valence-corrected chi connectivity index (χ1v) is 8.40. The molecule has 7 heteroatoms. The molecule has 1 aromatic rings. The lowest BCUT2D eigenvalue weighted by Crippen LogP contribution is -2.37. The van der Waals surface area contributed by atoms with Crippen molar-refractivity contribution >= 4 is 21.4 Å². The van der Waals surface area contributed by atoms with Gasteiger partial charge in [-0.05, 0) is 31.0 Å². The van der Waals surface area contributed by atoms with Crippen LogP contribution in [0.4, 0.5) is 11.4 Å². The maximum atomic E-state index is 12.1. The molecule has 0 unspecified atom stereocenters. The summed E-state index contributed by atoms with van der Waals surface area (Å²) in [6, 6.07) is 4.94. The van der Waals surface area contributed by atoms with Crippen LogP contribution >= 0.6 is 0 Å². The van der Waals surface area contributed by atoms with Gasteiger partial charge in [0.15, 0.2) is 0 Å². The van der Waals surface area contributed by atoms with E-state index in [9.17, 15) is 8.42 Å². The molecule has 1 aromatic carbocycles. The summed E-state index contributed by atoms with van der Waals surface area (Å²) in [6.07, 6.45) is 2.21. The van der Waals surface area contributed by atoms with Crippen molar-refractivity contribution in [1.29, 1.82) is 0 Å². The molecule has 118 valence electrons. The summed E-state index contributed by atoms with van der Waals surface area (Å²) >= 11 is 0. The first-order chi connectivity index (χ1) is 9.86. The molecule has 1 fully saturated rings. The molecule has 1 saturated heterocycles. The van der Waals surface area contributed by atoms with Crippen LogP contribution in [0, 0.1) is 0 Å². The zero-order chi connectivity index (χ0) is 15.6. The normalized spacial score (nSPS) is 17.4. The van der Waals surface area contributed by atoms with Gasteiger partial charge in [-0.15, -0.1) is 0 Å². The van der Waals surface area contributed by atoms with E-state index < -0.39 is 10.0 Å². The number of benzene rings is 1. The third-order valence-corrected chi connectivity index (χ3v) is 5.70. The van der Waals surface area contributed by atoms with Gasteiger partial charge >= 0.3 is 0 Å². The third-order valence-electron chi connectivity index (χ3n) is 3.89. The molecule has 2 rings (SSSR count). The minimum atomic E-state index is -3.44. The number of piperidine rings is 1. The van der Waals surface area contributed by atoms with Gasteiger partial charge in [0, 0.05) is 34.3 Å². The highest BCUT2D eigenvalue weighted by molar-refractivity contribution is 7.89. The number of methoxy groups -OCH3 is 1. The van der Waals surface area contributed by atoms with Crippen LogP contribution in [0.5, 0.6) is 0 Å². The summed E-state index contributed by atoms with van der Waals surface area (Å²) < 4.78 is 30.7. The first kappa shape index (κ1) is 16.1. The molecule has 0 bridgehead atoms. The van der Waals surface area contributed by atoms with Crippen LogP contribution < -0.4 is 10.6 Å². The first-order valence-electron chi connectivity index (χ1n) is 6.96. The molecule has 0 aliphatic carbocycles. The number of nitrogens with two attached hydrogens (primary N) is 1.